The molecule has 37 heavy (non-hydrogen) atoms. The summed E-state index contributed by atoms with van der Waals surface area (Å²) in [7, 11) is 2.22. The van der Waals surface area contributed by atoms with Crippen LogP contribution < -0.4 is 0 Å². The highest BCUT2D eigenvalue weighted by molar-refractivity contribution is 5.97. The Morgan fingerprint density at radius 1 is 1.14 bits per heavy atom. The van der Waals surface area contributed by atoms with E-state index in [1.807, 2.05) is 37.3 Å². The number of carbonyl (C=O) groups excluding carboxylic acids is 1. The SMILES string of the molecule is C=C(/C=C\C=CC)CC1CC(=O)C=CC(=CCC)/C1=C\C(C)=Nc1ccc(C2CCCN(C)CC2)cc1. The monoisotopic (exact) mass is 496 g/mol. The van der Waals surface area contributed by atoms with Crippen LogP contribution >= 0.6 is 0 Å². The molecule has 1 heterocycles. The van der Waals surface area contributed by atoms with E-state index in [1.165, 1.54) is 43.5 Å². The molecule has 0 radical (unpaired) electrons. The molecule has 2 aliphatic rings. The summed E-state index contributed by atoms with van der Waals surface area (Å²) in [4.78, 5) is 20.0. The van der Waals surface area contributed by atoms with E-state index in [0.29, 0.717) is 12.3 Å². The molecule has 0 bridgehead atoms. The molecule has 1 aromatic rings. The van der Waals surface area contributed by atoms with Gasteiger partial charge >= 0.3 is 0 Å². The molecule has 1 aromatic carbocycles. The molecular weight excluding hydrogens is 452 g/mol. The average Bonchev–Trinajstić information content (AvgIpc) is 3.17. The number of nitrogens with zero attached hydrogens (tertiary/aromatic N) is 2. The predicted octanol–water partition coefficient (Wildman–Crippen LogP) is 8.46. The van der Waals surface area contributed by atoms with Gasteiger partial charge in [0.25, 0.3) is 0 Å². The Morgan fingerprint density at radius 3 is 2.65 bits per heavy atom. The molecule has 0 saturated carbocycles. The van der Waals surface area contributed by atoms with Crippen molar-refractivity contribution in [1.82, 2.24) is 4.90 Å². The molecule has 196 valence electrons. The maximum absolute atomic E-state index is 12.6. The third-order valence-electron chi connectivity index (χ3n) is 7.22. The van der Waals surface area contributed by atoms with E-state index < -0.39 is 0 Å². The van der Waals surface area contributed by atoms with E-state index in [4.69, 9.17) is 4.99 Å². The van der Waals surface area contributed by atoms with Gasteiger partial charge in [-0.05, 0) is 119 Å². The zero-order valence-corrected chi connectivity index (χ0v) is 23.2. The van der Waals surface area contributed by atoms with Gasteiger partial charge in [0.15, 0.2) is 5.78 Å². The van der Waals surface area contributed by atoms with Gasteiger partial charge in [0.05, 0.1) is 5.69 Å². The summed E-state index contributed by atoms with van der Waals surface area (Å²) in [5, 5.41) is 0. The number of aliphatic imine (C=N–C) groups is 1. The average molecular weight is 497 g/mol. The zero-order valence-electron chi connectivity index (χ0n) is 23.2. The lowest BCUT2D eigenvalue weighted by molar-refractivity contribution is -0.115. The maximum atomic E-state index is 12.6. The number of hydrogen-bond donors (Lipinski definition) is 0. The molecule has 0 aromatic heterocycles. The fraction of sp³-hybridized carbons (Fsp3) is 0.412. The molecule has 2 unspecified atom stereocenters. The number of carbonyl (C=O) groups is 1. The van der Waals surface area contributed by atoms with Gasteiger partial charge in [-0.3, -0.25) is 9.79 Å². The number of benzene rings is 1. The van der Waals surface area contributed by atoms with Gasteiger partial charge in [0.2, 0.25) is 0 Å². The summed E-state index contributed by atoms with van der Waals surface area (Å²) in [6.45, 7) is 12.8. The second kappa shape index (κ2) is 14.6. The molecule has 3 heteroatoms. The Hall–Kier alpha value is -3.04. The standard InChI is InChI=1S/C34H44N2O/c1-6-8-9-12-26(3)23-31-25-33(37)19-16-30(11-7-2)34(31)24-27(4)35-32-17-14-29(15-18-32)28-13-10-21-36(5)22-20-28/h6,8-9,11-12,14-19,24,28,31H,3,7,10,13,20-23,25H2,1-2,4-5H3/b8-6?,12-9-,30-11?,34-24+,35-27?. The third kappa shape index (κ3) is 9.09. The number of hydrogen-bond acceptors (Lipinski definition) is 3. The van der Waals surface area contributed by atoms with Crippen LogP contribution in [0, 0.1) is 5.92 Å². The molecular formula is C34H44N2O. The topological polar surface area (TPSA) is 32.7 Å². The molecule has 0 spiro atoms. The Morgan fingerprint density at radius 2 is 1.92 bits per heavy atom. The minimum atomic E-state index is 0.0731. The summed E-state index contributed by atoms with van der Waals surface area (Å²) in [5.41, 5.74) is 6.66. The lowest BCUT2D eigenvalue weighted by atomic mass is 9.84. The van der Waals surface area contributed by atoms with E-state index in [0.717, 1.165) is 35.4 Å². The van der Waals surface area contributed by atoms with Crippen LogP contribution in [0.15, 0.2) is 101 Å². The smallest absolute Gasteiger partial charge is 0.156 e. The molecule has 2 atom stereocenters. The predicted molar refractivity (Wildman–Crippen MR) is 160 cm³/mol. The molecule has 3 rings (SSSR count). The van der Waals surface area contributed by atoms with Crippen LogP contribution in [0.1, 0.15) is 70.8 Å². The summed E-state index contributed by atoms with van der Waals surface area (Å²) < 4.78 is 0. The Labute approximate surface area is 224 Å². The first-order valence-corrected chi connectivity index (χ1v) is 13.8. The molecule has 3 nitrogen and oxygen atoms in total. The number of ketones is 1. The van der Waals surface area contributed by atoms with Gasteiger partial charge in [0.1, 0.15) is 0 Å². The Kier molecular flexibility index (Phi) is 11.3. The van der Waals surface area contributed by atoms with Gasteiger partial charge in [-0.1, -0.05) is 67.7 Å². The minimum absolute atomic E-state index is 0.0731. The van der Waals surface area contributed by atoms with Crippen LogP contribution in [0.25, 0.3) is 0 Å². The van der Waals surface area contributed by atoms with Crippen molar-refractivity contribution in [2.75, 3.05) is 20.1 Å². The van der Waals surface area contributed by atoms with E-state index in [-0.39, 0.29) is 11.7 Å². The maximum Gasteiger partial charge on any atom is 0.156 e. The van der Waals surface area contributed by atoms with Crippen molar-refractivity contribution < 1.29 is 4.79 Å². The van der Waals surface area contributed by atoms with Crippen molar-refractivity contribution in [3.63, 3.8) is 0 Å². The highest BCUT2D eigenvalue weighted by Crippen LogP contribution is 2.33. The van der Waals surface area contributed by atoms with E-state index in [9.17, 15) is 4.79 Å². The minimum Gasteiger partial charge on any atom is -0.306 e. The van der Waals surface area contributed by atoms with Crippen LogP contribution in [0.3, 0.4) is 0 Å². The zero-order chi connectivity index (χ0) is 26.6. The van der Waals surface area contributed by atoms with Gasteiger partial charge < -0.3 is 4.90 Å². The summed E-state index contributed by atoms with van der Waals surface area (Å²) in [5.74, 6) is 0.874. The van der Waals surface area contributed by atoms with Gasteiger partial charge in [-0.2, -0.15) is 0 Å². The van der Waals surface area contributed by atoms with Crippen LogP contribution in [-0.2, 0) is 4.79 Å². The second-order valence-electron chi connectivity index (χ2n) is 10.4. The normalized spacial score (nSPS) is 24.3. The summed E-state index contributed by atoms with van der Waals surface area (Å²) >= 11 is 0. The summed E-state index contributed by atoms with van der Waals surface area (Å²) in [6.07, 6.45) is 22.0. The Bertz CT molecular complexity index is 1110. The molecule has 1 saturated heterocycles. The van der Waals surface area contributed by atoms with Crippen LogP contribution in [0.2, 0.25) is 0 Å². The molecule has 1 fully saturated rings. The van der Waals surface area contributed by atoms with Gasteiger partial charge in [-0.25, -0.2) is 0 Å². The fourth-order valence-corrected chi connectivity index (χ4v) is 5.27. The van der Waals surface area contributed by atoms with Crippen molar-refractivity contribution in [2.45, 2.75) is 65.2 Å². The van der Waals surface area contributed by atoms with Crippen LogP contribution in [-0.4, -0.2) is 36.5 Å². The summed E-state index contributed by atoms with van der Waals surface area (Å²) in [6, 6.07) is 8.82. The van der Waals surface area contributed by atoms with Crippen molar-refractivity contribution in [3.8, 4) is 0 Å². The molecule has 0 amide bonds. The molecule has 0 N–H and O–H groups in total. The first kappa shape index (κ1) is 28.5. The lowest BCUT2D eigenvalue weighted by Crippen LogP contribution is -2.18. The highest BCUT2D eigenvalue weighted by Gasteiger charge is 2.23. The highest BCUT2D eigenvalue weighted by atomic mass is 16.1. The van der Waals surface area contributed by atoms with E-state index in [1.54, 1.807) is 6.08 Å². The number of likely N-dealkylation sites (tertiary alicyclic amines) is 1. The largest absolute Gasteiger partial charge is 0.306 e. The third-order valence-corrected chi connectivity index (χ3v) is 7.22. The Balaban J connectivity index is 1.85. The number of allylic oxidation sites excluding steroid dienone is 11. The van der Waals surface area contributed by atoms with Crippen molar-refractivity contribution in [2.24, 2.45) is 10.9 Å². The lowest BCUT2D eigenvalue weighted by Gasteiger charge is -2.20. The van der Waals surface area contributed by atoms with E-state index >= 15 is 0 Å². The van der Waals surface area contributed by atoms with Crippen LogP contribution in [0.5, 0.6) is 0 Å². The molecule has 1 aliphatic heterocycles. The van der Waals surface area contributed by atoms with Gasteiger partial charge in [0, 0.05) is 12.1 Å². The van der Waals surface area contributed by atoms with Crippen LogP contribution in [0.4, 0.5) is 5.69 Å². The molecule has 1 aliphatic carbocycles. The van der Waals surface area contributed by atoms with E-state index in [2.05, 4.69) is 68.8 Å². The van der Waals surface area contributed by atoms with Crippen molar-refractivity contribution in [1.29, 1.82) is 0 Å². The quantitative estimate of drug-likeness (QED) is 0.267. The first-order chi connectivity index (χ1) is 17.9. The number of rotatable bonds is 8. The van der Waals surface area contributed by atoms with Gasteiger partial charge in [-0.15, -0.1) is 0 Å². The first-order valence-electron chi connectivity index (χ1n) is 13.8. The van der Waals surface area contributed by atoms with Crippen molar-refractivity contribution >= 4 is 17.2 Å². The second-order valence-corrected chi connectivity index (χ2v) is 10.4. The van der Waals surface area contributed by atoms with Crippen molar-refractivity contribution in [3.05, 3.63) is 102 Å². The fourth-order valence-electron chi connectivity index (χ4n) is 5.27.